The van der Waals surface area contributed by atoms with Crippen LogP contribution >= 0.6 is 0 Å². The third-order valence-electron chi connectivity index (χ3n) is 4.71. The summed E-state index contributed by atoms with van der Waals surface area (Å²) in [6.45, 7) is 6.50. The molecular formula is C15H25N3O. The Labute approximate surface area is 115 Å². The molecule has 0 amide bonds. The predicted octanol–water partition coefficient (Wildman–Crippen LogP) is 2.09. The maximum Gasteiger partial charge on any atom is 0.0949 e. The van der Waals surface area contributed by atoms with E-state index in [1.807, 2.05) is 6.33 Å². The van der Waals surface area contributed by atoms with Crippen LogP contribution in [0.1, 0.15) is 44.7 Å². The van der Waals surface area contributed by atoms with Crippen molar-refractivity contribution in [2.24, 2.45) is 0 Å². The van der Waals surface area contributed by atoms with Crippen LogP contribution in [0.25, 0.3) is 0 Å². The predicted molar refractivity (Wildman–Crippen MR) is 75.3 cm³/mol. The summed E-state index contributed by atoms with van der Waals surface area (Å²) in [6, 6.07) is 0. The molecule has 2 aliphatic heterocycles. The van der Waals surface area contributed by atoms with Crippen LogP contribution in [0.2, 0.25) is 0 Å². The molecule has 19 heavy (non-hydrogen) atoms. The van der Waals surface area contributed by atoms with Crippen molar-refractivity contribution in [1.82, 2.24) is 14.9 Å². The molecule has 4 nitrogen and oxygen atoms in total. The van der Waals surface area contributed by atoms with E-state index in [0.717, 1.165) is 26.2 Å². The quantitative estimate of drug-likeness (QED) is 0.907. The van der Waals surface area contributed by atoms with Crippen molar-refractivity contribution >= 4 is 0 Å². The highest BCUT2D eigenvalue weighted by Crippen LogP contribution is 2.33. The average Bonchev–Trinajstić information content (AvgIpc) is 2.90. The summed E-state index contributed by atoms with van der Waals surface area (Å²) in [7, 11) is 0. The van der Waals surface area contributed by atoms with E-state index in [1.54, 1.807) is 0 Å². The summed E-state index contributed by atoms with van der Waals surface area (Å²) in [4.78, 5) is 4.40. The van der Waals surface area contributed by atoms with Crippen molar-refractivity contribution in [3.05, 3.63) is 18.2 Å². The number of imidazole rings is 1. The zero-order chi connectivity index (χ0) is 13.1. The van der Waals surface area contributed by atoms with E-state index in [0.29, 0.717) is 6.10 Å². The van der Waals surface area contributed by atoms with Crippen LogP contribution in [0.5, 0.6) is 0 Å². The molecule has 3 rings (SSSR count). The van der Waals surface area contributed by atoms with Gasteiger partial charge < -0.3 is 14.6 Å². The first kappa shape index (κ1) is 13.1. The zero-order valence-electron chi connectivity index (χ0n) is 11.9. The molecule has 1 aromatic rings. The van der Waals surface area contributed by atoms with E-state index in [-0.39, 0.29) is 5.41 Å². The van der Waals surface area contributed by atoms with Gasteiger partial charge in [0.1, 0.15) is 0 Å². The van der Waals surface area contributed by atoms with Gasteiger partial charge in [0.05, 0.1) is 19.0 Å². The summed E-state index contributed by atoms with van der Waals surface area (Å²) in [5, 5.41) is 3.45. The van der Waals surface area contributed by atoms with E-state index in [9.17, 15) is 0 Å². The van der Waals surface area contributed by atoms with Gasteiger partial charge in [0.2, 0.25) is 0 Å². The maximum atomic E-state index is 5.87. The van der Waals surface area contributed by atoms with Crippen LogP contribution in [-0.4, -0.2) is 35.4 Å². The maximum absolute atomic E-state index is 5.87. The molecule has 1 N–H and O–H groups in total. The van der Waals surface area contributed by atoms with Crippen LogP contribution in [0.4, 0.5) is 0 Å². The first-order valence-corrected chi connectivity index (χ1v) is 7.61. The molecule has 0 spiro atoms. The van der Waals surface area contributed by atoms with E-state index >= 15 is 0 Å². The van der Waals surface area contributed by atoms with Crippen molar-refractivity contribution in [2.75, 3.05) is 19.7 Å². The fraction of sp³-hybridized carbons (Fsp3) is 0.800. The van der Waals surface area contributed by atoms with Crippen LogP contribution in [0.15, 0.2) is 12.5 Å². The van der Waals surface area contributed by atoms with Crippen molar-refractivity contribution in [3.8, 4) is 0 Å². The zero-order valence-corrected chi connectivity index (χ0v) is 11.9. The minimum absolute atomic E-state index is 0.274. The van der Waals surface area contributed by atoms with Gasteiger partial charge in [0, 0.05) is 23.9 Å². The van der Waals surface area contributed by atoms with Crippen molar-refractivity contribution in [2.45, 2.75) is 57.1 Å². The molecule has 0 saturated carbocycles. The summed E-state index contributed by atoms with van der Waals surface area (Å²) in [6.07, 6.45) is 10.5. The normalized spacial score (nSPS) is 27.3. The Balaban J connectivity index is 1.73. The standard InChI is InChI=1S/C15H25N3O/c1-15(5-7-16-8-6-15)14-10-17-12-18(14)11-13-4-2-3-9-19-13/h10,12-13,16H,2-9,11H2,1H3. The Morgan fingerprint density at radius 3 is 3.00 bits per heavy atom. The van der Waals surface area contributed by atoms with Crippen LogP contribution in [-0.2, 0) is 16.7 Å². The molecule has 0 radical (unpaired) electrons. The highest BCUT2D eigenvalue weighted by Gasteiger charge is 2.32. The van der Waals surface area contributed by atoms with Gasteiger partial charge in [-0.3, -0.25) is 0 Å². The van der Waals surface area contributed by atoms with Gasteiger partial charge in [-0.15, -0.1) is 0 Å². The van der Waals surface area contributed by atoms with Crippen LogP contribution in [0.3, 0.4) is 0 Å². The molecule has 3 heterocycles. The van der Waals surface area contributed by atoms with Crippen LogP contribution in [0, 0.1) is 0 Å². The fourth-order valence-electron chi connectivity index (χ4n) is 3.37. The first-order valence-electron chi connectivity index (χ1n) is 7.61. The lowest BCUT2D eigenvalue weighted by Crippen LogP contribution is -2.39. The molecule has 2 fully saturated rings. The number of nitrogens with zero attached hydrogens (tertiary/aromatic N) is 2. The van der Waals surface area contributed by atoms with Gasteiger partial charge in [-0.25, -0.2) is 4.98 Å². The molecule has 2 aliphatic rings. The third-order valence-corrected chi connectivity index (χ3v) is 4.71. The van der Waals surface area contributed by atoms with Gasteiger partial charge >= 0.3 is 0 Å². The SMILES string of the molecule is CC1(c2cncn2CC2CCCCO2)CCNCC1. The Hall–Kier alpha value is -0.870. The Morgan fingerprint density at radius 1 is 1.42 bits per heavy atom. The third kappa shape index (κ3) is 2.84. The van der Waals surface area contributed by atoms with Crippen molar-refractivity contribution in [1.29, 1.82) is 0 Å². The van der Waals surface area contributed by atoms with E-state index in [4.69, 9.17) is 4.74 Å². The number of rotatable bonds is 3. The first-order chi connectivity index (χ1) is 9.28. The minimum atomic E-state index is 0.274. The largest absolute Gasteiger partial charge is 0.376 e. The van der Waals surface area contributed by atoms with E-state index in [2.05, 4.69) is 28.0 Å². The molecule has 1 aromatic heterocycles. The second-order valence-electron chi connectivity index (χ2n) is 6.23. The molecule has 106 valence electrons. The fourth-order valence-corrected chi connectivity index (χ4v) is 3.37. The molecule has 1 atom stereocenters. The molecule has 0 aliphatic carbocycles. The highest BCUT2D eigenvalue weighted by atomic mass is 16.5. The number of nitrogens with one attached hydrogen (secondary N) is 1. The summed E-state index contributed by atoms with van der Waals surface area (Å²) >= 11 is 0. The second kappa shape index (κ2) is 5.63. The topological polar surface area (TPSA) is 39.1 Å². The van der Waals surface area contributed by atoms with Gasteiger partial charge in [0.15, 0.2) is 0 Å². The summed E-state index contributed by atoms with van der Waals surface area (Å²) in [5.74, 6) is 0. The summed E-state index contributed by atoms with van der Waals surface area (Å²) < 4.78 is 8.20. The van der Waals surface area contributed by atoms with Crippen molar-refractivity contribution < 1.29 is 4.74 Å². The summed E-state index contributed by atoms with van der Waals surface area (Å²) in [5.41, 5.74) is 1.67. The van der Waals surface area contributed by atoms with Gasteiger partial charge in [-0.05, 0) is 45.2 Å². The smallest absolute Gasteiger partial charge is 0.0949 e. The van der Waals surface area contributed by atoms with E-state index < -0.39 is 0 Å². The van der Waals surface area contributed by atoms with Crippen molar-refractivity contribution in [3.63, 3.8) is 0 Å². The minimum Gasteiger partial charge on any atom is -0.376 e. The molecular weight excluding hydrogens is 238 g/mol. The lowest BCUT2D eigenvalue weighted by Gasteiger charge is -2.35. The highest BCUT2D eigenvalue weighted by molar-refractivity contribution is 5.15. The number of hydrogen-bond donors (Lipinski definition) is 1. The number of piperidine rings is 1. The van der Waals surface area contributed by atoms with Gasteiger partial charge in [-0.2, -0.15) is 0 Å². The van der Waals surface area contributed by atoms with E-state index in [1.165, 1.54) is 37.8 Å². The molecule has 2 saturated heterocycles. The number of ether oxygens (including phenoxy) is 1. The lowest BCUT2D eigenvalue weighted by molar-refractivity contribution is 0.00499. The number of hydrogen-bond acceptors (Lipinski definition) is 3. The second-order valence-corrected chi connectivity index (χ2v) is 6.23. The van der Waals surface area contributed by atoms with Gasteiger partial charge in [-0.1, -0.05) is 6.92 Å². The number of aromatic nitrogens is 2. The lowest BCUT2D eigenvalue weighted by atomic mass is 9.78. The average molecular weight is 263 g/mol. The monoisotopic (exact) mass is 263 g/mol. The molecule has 4 heteroatoms. The Morgan fingerprint density at radius 2 is 2.26 bits per heavy atom. The Kier molecular flexibility index (Phi) is 3.89. The molecule has 0 bridgehead atoms. The van der Waals surface area contributed by atoms with Crippen LogP contribution < -0.4 is 5.32 Å². The molecule has 1 unspecified atom stereocenters. The molecule has 0 aromatic carbocycles. The van der Waals surface area contributed by atoms with Gasteiger partial charge in [0.25, 0.3) is 0 Å². The Bertz CT molecular complexity index is 403.